The van der Waals surface area contributed by atoms with Crippen LogP contribution in [0.3, 0.4) is 0 Å². The van der Waals surface area contributed by atoms with E-state index in [-0.39, 0.29) is 5.41 Å². The third kappa shape index (κ3) is 3.98. The maximum Gasteiger partial charge on any atom is 0.202 e. The van der Waals surface area contributed by atoms with Crippen LogP contribution in [0.15, 0.2) is 164 Å². The maximum atomic E-state index is 5.19. The van der Waals surface area contributed by atoms with E-state index in [0.717, 1.165) is 22.3 Å². The van der Waals surface area contributed by atoms with Crippen LogP contribution in [-0.2, 0) is 5.41 Å². The van der Waals surface area contributed by atoms with Crippen molar-refractivity contribution in [2.75, 3.05) is 0 Å². The third-order valence-corrected chi connectivity index (χ3v) is 15.0. The van der Waals surface area contributed by atoms with E-state index in [1.54, 1.807) is 0 Å². The minimum atomic E-state index is -2.85. The highest BCUT2D eigenvalue weighted by atomic mass is 28.3. The molecular weight excluding hydrogens is 587 g/mol. The summed E-state index contributed by atoms with van der Waals surface area (Å²) in [5.74, 6) is 0. The lowest BCUT2D eigenvalue weighted by Crippen LogP contribution is -2.79. The molecule has 8 aromatic rings. The average molecular weight is 620 g/mol. The molecule has 5 aromatic carbocycles. The van der Waals surface area contributed by atoms with Crippen LogP contribution < -0.4 is 20.9 Å². The Kier molecular flexibility index (Phi) is 6.18. The molecule has 0 unspecified atom stereocenters. The monoisotopic (exact) mass is 619 g/mol. The largest absolute Gasteiger partial charge is 0.309 e. The summed E-state index contributed by atoms with van der Waals surface area (Å²) < 4.78 is 2.44. The fourth-order valence-electron chi connectivity index (χ4n) is 8.14. The molecule has 0 amide bonds. The van der Waals surface area contributed by atoms with Crippen LogP contribution in [0.2, 0.25) is 0 Å². The van der Waals surface area contributed by atoms with Gasteiger partial charge in [-0.15, -0.1) is 0 Å². The highest BCUT2D eigenvalue weighted by Gasteiger charge is 2.52. The summed E-state index contributed by atoms with van der Waals surface area (Å²) in [6.07, 6.45) is 3.82. The lowest BCUT2D eigenvalue weighted by molar-refractivity contribution is 0.645. The van der Waals surface area contributed by atoms with Gasteiger partial charge in [0.05, 0.1) is 16.7 Å². The van der Waals surface area contributed by atoms with Crippen molar-refractivity contribution in [2.45, 2.75) is 19.3 Å². The molecule has 1 aliphatic rings. The number of pyridine rings is 2. The third-order valence-electron chi connectivity index (χ3n) is 10.2. The van der Waals surface area contributed by atoms with Crippen LogP contribution in [0, 0.1) is 0 Å². The first-order valence-corrected chi connectivity index (χ1v) is 18.3. The molecule has 0 aliphatic carbocycles. The highest BCUT2D eigenvalue weighted by molar-refractivity contribution is 7.20. The van der Waals surface area contributed by atoms with E-state index in [1.807, 2.05) is 30.6 Å². The number of para-hydroxylation sites is 1. The van der Waals surface area contributed by atoms with Gasteiger partial charge in [-0.25, -0.2) is 0 Å². The molecule has 0 atom stereocenters. The Morgan fingerprint density at radius 1 is 0.532 bits per heavy atom. The van der Waals surface area contributed by atoms with Gasteiger partial charge in [0.2, 0.25) is 8.07 Å². The number of benzene rings is 5. The summed E-state index contributed by atoms with van der Waals surface area (Å²) in [6.45, 7) is 4.74. The van der Waals surface area contributed by atoms with Crippen LogP contribution in [0.25, 0.3) is 38.8 Å². The lowest BCUT2D eigenvalue weighted by atomic mass is 9.77. The van der Waals surface area contributed by atoms with E-state index in [1.165, 1.54) is 48.5 Å². The zero-order chi connectivity index (χ0) is 31.6. The van der Waals surface area contributed by atoms with Crippen LogP contribution in [0.5, 0.6) is 0 Å². The van der Waals surface area contributed by atoms with Gasteiger partial charge in [0, 0.05) is 45.1 Å². The van der Waals surface area contributed by atoms with Crippen LogP contribution in [0.1, 0.15) is 25.0 Å². The van der Waals surface area contributed by atoms with Gasteiger partial charge in [-0.1, -0.05) is 117 Å². The molecule has 0 radical (unpaired) electrons. The van der Waals surface area contributed by atoms with Crippen molar-refractivity contribution in [3.05, 3.63) is 175 Å². The second kappa shape index (κ2) is 10.5. The first-order chi connectivity index (χ1) is 23.1. The molecule has 0 spiro atoms. The minimum absolute atomic E-state index is 0.136. The zero-order valence-electron chi connectivity index (χ0n) is 26.4. The van der Waals surface area contributed by atoms with Crippen molar-refractivity contribution in [1.29, 1.82) is 0 Å². The SMILES string of the molecule is CC1(C)c2ccccc2[Si](c2ccc3c4ccccc4n(-c4cccc(-c5ccccn5)c4)c3c2)(c2ccccn2)c2ccccc21. The number of nitrogens with zero attached hydrogens (tertiary/aromatic N) is 3. The second-order valence-corrected chi connectivity index (χ2v) is 16.7. The van der Waals surface area contributed by atoms with Crippen molar-refractivity contribution in [1.82, 2.24) is 14.5 Å². The molecule has 47 heavy (non-hydrogen) atoms. The van der Waals surface area contributed by atoms with Crippen LogP contribution >= 0.6 is 0 Å². The fraction of sp³-hybridized carbons (Fsp3) is 0.0698. The zero-order valence-corrected chi connectivity index (χ0v) is 27.4. The Labute approximate surface area is 275 Å². The van der Waals surface area contributed by atoms with Gasteiger partial charge in [-0.3, -0.25) is 9.97 Å². The molecule has 0 bridgehead atoms. The second-order valence-electron chi connectivity index (χ2n) is 13.0. The summed E-state index contributed by atoms with van der Waals surface area (Å²) in [6, 6.07) is 55.6. The minimum Gasteiger partial charge on any atom is -0.309 e. The standard InChI is InChI=1S/C43H33N3Si/c1-43(2)35-17-4-7-21-40(35)47(42-23-10-12-27-45-42,41-22-8-5-18-36(41)43)32-24-25-34-33-16-3-6-20-38(33)46(39(34)29-32)31-15-13-14-30(28-31)37-19-9-11-26-44-37/h3-29H,1-2H3. The molecule has 1 aliphatic heterocycles. The van der Waals surface area contributed by atoms with E-state index >= 15 is 0 Å². The van der Waals surface area contributed by atoms with Crippen molar-refractivity contribution < 1.29 is 0 Å². The number of fused-ring (bicyclic) bond motifs is 5. The predicted octanol–water partition coefficient (Wildman–Crippen LogP) is 7.26. The molecule has 3 nitrogen and oxygen atoms in total. The Balaban J connectivity index is 1.40. The Morgan fingerprint density at radius 3 is 1.91 bits per heavy atom. The van der Waals surface area contributed by atoms with Gasteiger partial charge in [0.15, 0.2) is 0 Å². The molecule has 0 saturated carbocycles. The summed E-state index contributed by atoms with van der Waals surface area (Å²) >= 11 is 0. The van der Waals surface area contributed by atoms with Crippen molar-refractivity contribution in [3.63, 3.8) is 0 Å². The van der Waals surface area contributed by atoms with Crippen molar-refractivity contribution in [3.8, 4) is 16.9 Å². The molecule has 0 N–H and O–H groups in total. The normalized spacial score (nSPS) is 14.5. The summed E-state index contributed by atoms with van der Waals surface area (Å²) in [5, 5.41) is 7.83. The Morgan fingerprint density at radius 2 is 1.19 bits per heavy atom. The molecule has 4 heteroatoms. The van der Waals surface area contributed by atoms with Gasteiger partial charge >= 0.3 is 0 Å². The van der Waals surface area contributed by atoms with Gasteiger partial charge in [-0.2, -0.15) is 0 Å². The maximum absolute atomic E-state index is 5.19. The summed E-state index contributed by atoms with van der Waals surface area (Å²) in [7, 11) is -2.85. The predicted molar refractivity (Wildman–Crippen MR) is 198 cm³/mol. The first-order valence-electron chi connectivity index (χ1n) is 16.3. The molecule has 0 saturated heterocycles. The van der Waals surface area contributed by atoms with Gasteiger partial charge in [0.25, 0.3) is 0 Å². The Bertz CT molecular complexity index is 2390. The molecular formula is C43H33N3Si. The van der Waals surface area contributed by atoms with E-state index in [4.69, 9.17) is 4.98 Å². The van der Waals surface area contributed by atoms with Crippen molar-refractivity contribution >= 4 is 50.8 Å². The smallest absolute Gasteiger partial charge is 0.202 e. The molecule has 224 valence electrons. The van der Waals surface area contributed by atoms with Gasteiger partial charge in [-0.05, 0) is 75.2 Å². The van der Waals surface area contributed by atoms with E-state index < -0.39 is 8.07 Å². The van der Waals surface area contributed by atoms with E-state index in [0.29, 0.717) is 0 Å². The summed E-state index contributed by atoms with van der Waals surface area (Å²) in [5.41, 5.74) is 8.22. The van der Waals surface area contributed by atoms with Crippen LogP contribution in [0.4, 0.5) is 0 Å². The number of rotatable bonds is 4. The molecule has 3 aromatic heterocycles. The summed E-state index contributed by atoms with van der Waals surface area (Å²) in [4.78, 5) is 9.85. The number of hydrogen-bond donors (Lipinski definition) is 0. The van der Waals surface area contributed by atoms with E-state index in [9.17, 15) is 0 Å². The molecule has 9 rings (SSSR count). The lowest BCUT2D eigenvalue weighted by Gasteiger charge is -2.45. The van der Waals surface area contributed by atoms with Crippen LogP contribution in [-0.4, -0.2) is 22.6 Å². The first kappa shape index (κ1) is 27.7. The number of hydrogen-bond acceptors (Lipinski definition) is 2. The van der Waals surface area contributed by atoms with Crippen molar-refractivity contribution in [2.24, 2.45) is 0 Å². The number of aromatic nitrogens is 3. The molecule has 0 fully saturated rings. The Hall–Kier alpha value is -5.58. The van der Waals surface area contributed by atoms with E-state index in [2.05, 4.69) is 157 Å². The average Bonchev–Trinajstić information content (AvgIpc) is 3.47. The highest BCUT2D eigenvalue weighted by Crippen LogP contribution is 2.37. The van der Waals surface area contributed by atoms with Gasteiger partial charge in [0.1, 0.15) is 0 Å². The van der Waals surface area contributed by atoms with Gasteiger partial charge < -0.3 is 4.57 Å². The quantitative estimate of drug-likeness (QED) is 0.194. The topological polar surface area (TPSA) is 30.7 Å². The molecule has 4 heterocycles. The fourth-order valence-corrected chi connectivity index (χ4v) is 13.5.